The highest BCUT2D eigenvalue weighted by atomic mass is 16.5. The van der Waals surface area contributed by atoms with Crippen molar-refractivity contribution in [3.05, 3.63) is 82.2 Å². The van der Waals surface area contributed by atoms with Gasteiger partial charge in [0.15, 0.2) is 0 Å². The average Bonchev–Trinajstić information content (AvgIpc) is 2.68. The summed E-state index contributed by atoms with van der Waals surface area (Å²) in [5, 5.41) is 11.9. The van der Waals surface area contributed by atoms with Gasteiger partial charge in [0.1, 0.15) is 6.10 Å². The maximum absolute atomic E-state index is 10.8. The second-order valence-corrected chi connectivity index (χ2v) is 5.04. The summed E-state index contributed by atoms with van der Waals surface area (Å²) in [4.78, 5) is 13.2. The molecule has 0 saturated heterocycles. The smallest absolute Gasteiger partial charge is 0.354 e. The lowest BCUT2D eigenvalue weighted by Gasteiger charge is -2.12. The first-order valence-electron chi connectivity index (χ1n) is 7.76. The van der Waals surface area contributed by atoms with E-state index in [4.69, 9.17) is 10.6 Å². The van der Waals surface area contributed by atoms with E-state index in [0.29, 0.717) is 0 Å². The Morgan fingerprint density at radius 3 is 1.92 bits per heavy atom. The molecule has 0 spiro atoms. The van der Waals surface area contributed by atoms with Crippen LogP contribution in [0.4, 0.5) is 0 Å². The fourth-order valence-corrected chi connectivity index (χ4v) is 1.76. The van der Waals surface area contributed by atoms with E-state index in [0.717, 1.165) is 11.1 Å². The molecule has 0 aliphatic carbocycles. The highest BCUT2D eigenvalue weighted by Crippen LogP contribution is 1.98. The summed E-state index contributed by atoms with van der Waals surface area (Å²) >= 11 is 0. The van der Waals surface area contributed by atoms with Crippen LogP contribution in [0.5, 0.6) is 0 Å². The highest BCUT2D eigenvalue weighted by Gasteiger charge is 2.26. The third kappa shape index (κ3) is 7.88. The van der Waals surface area contributed by atoms with Crippen LogP contribution in [0.15, 0.2) is 65.9 Å². The number of rotatable bonds is 4. The normalized spacial score (nSPS) is 11.2. The minimum absolute atomic E-state index is 0.683. The number of nitrogens with zero attached hydrogens (tertiary/aromatic N) is 3. The molecule has 7 heteroatoms. The molecule has 2 unspecified atom stereocenters. The van der Waals surface area contributed by atoms with Crippen LogP contribution in [0.1, 0.15) is 18.1 Å². The topological polar surface area (TPSA) is 107 Å². The van der Waals surface area contributed by atoms with Crippen molar-refractivity contribution in [3.63, 3.8) is 0 Å². The van der Waals surface area contributed by atoms with E-state index in [1.165, 1.54) is 14.0 Å². The van der Waals surface area contributed by atoms with Crippen LogP contribution in [-0.4, -0.2) is 30.3 Å². The molecular formula is C19H20N4O3. The molecule has 0 fully saturated rings. The van der Waals surface area contributed by atoms with Crippen molar-refractivity contribution in [1.29, 1.82) is 0 Å². The van der Waals surface area contributed by atoms with E-state index in [1.807, 2.05) is 60.7 Å². The van der Waals surface area contributed by atoms with Gasteiger partial charge in [-0.3, -0.25) is 0 Å². The summed E-state index contributed by atoms with van der Waals surface area (Å²) in [7, 11) is 1.18. The molecule has 2 atom stereocenters. The Hall–Kier alpha value is -3.46. The third-order valence-corrected chi connectivity index (χ3v) is 3.08. The molecule has 0 bridgehead atoms. The maximum Gasteiger partial charge on any atom is 0.354 e. The number of hydrogen-bond donors (Lipinski definition) is 2. The van der Waals surface area contributed by atoms with Crippen molar-refractivity contribution in [2.75, 3.05) is 7.11 Å². The number of hydrogen-bond acceptors (Lipinski definition) is 4. The lowest BCUT2D eigenvalue weighted by molar-refractivity contribution is -0.145. The Bertz CT molecular complexity index is 733. The van der Waals surface area contributed by atoms with Gasteiger partial charge < -0.3 is 9.84 Å². The van der Waals surface area contributed by atoms with Gasteiger partial charge in [-0.2, -0.15) is 4.91 Å². The monoisotopic (exact) mass is 352 g/mol. The summed E-state index contributed by atoms with van der Waals surface area (Å²) < 4.78 is 4.33. The summed E-state index contributed by atoms with van der Waals surface area (Å²) in [6.45, 7) is 1.38. The number of aliphatic hydroxyl groups excluding tert-OH is 1. The van der Waals surface area contributed by atoms with Crippen LogP contribution < -0.4 is 5.43 Å². The summed E-state index contributed by atoms with van der Waals surface area (Å²) in [5.41, 5.74) is 12.1. The van der Waals surface area contributed by atoms with E-state index in [-0.39, 0.29) is 0 Å². The number of nitrogens with one attached hydrogen (secondary N) is 1. The third-order valence-electron chi connectivity index (χ3n) is 3.08. The van der Waals surface area contributed by atoms with E-state index in [9.17, 15) is 4.79 Å². The number of azide groups is 1. The van der Waals surface area contributed by atoms with E-state index < -0.39 is 18.1 Å². The van der Waals surface area contributed by atoms with Gasteiger partial charge in [0.2, 0.25) is 6.04 Å². The van der Waals surface area contributed by atoms with E-state index >= 15 is 0 Å². The van der Waals surface area contributed by atoms with Crippen molar-refractivity contribution in [3.8, 4) is 11.8 Å². The van der Waals surface area contributed by atoms with Crippen LogP contribution in [0, 0.1) is 11.8 Å². The van der Waals surface area contributed by atoms with Gasteiger partial charge in [0.05, 0.1) is 7.11 Å². The van der Waals surface area contributed by atoms with Gasteiger partial charge in [-0.1, -0.05) is 48.2 Å². The van der Waals surface area contributed by atoms with Crippen LogP contribution in [0.2, 0.25) is 0 Å². The SMILES string of the molecule is C(#Cc1ccccc1)c1ccccc1.COC(=O)C(NN=[N+]=[N-])C(C)O. The number of aliphatic hydroxyl groups is 1. The zero-order valence-electron chi connectivity index (χ0n) is 14.5. The second-order valence-electron chi connectivity index (χ2n) is 5.04. The zero-order chi connectivity index (χ0) is 19.2. The number of ether oxygens (including phenoxy) is 1. The van der Waals surface area contributed by atoms with Crippen molar-refractivity contribution in [1.82, 2.24) is 5.43 Å². The fourth-order valence-electron chi connectivity index (χ4n) is 1.76. The molecule has 0 heterocycles. The van der Waals surface area contributed by atoms with Crippen LogP contribution >= 0.6 is 0 Å². The molecule has 0 saturated carbocycles. The molecule has 2 aromatic carbocycles. The molecule has 0 aliphatic rings. The van der Waals surface area contributed by atoms with Gasteiger partial charge >= 0.3 is 5.97 Å². The molecular weight excluding hydrogens is 332 g/mol. The number of benzene rings is 2. The lowest BCUT2D eigenvalue weighted by atomic mass is 10.2. The quantitative estimate of drug-likeness (QED) is 0.220. The maximum atomic E-state index is 10.8. The largest absolute Gasteiger partial charge is 0.466 e. The minimum atomic E-state index is -1.02. The Balaban J connectivity index is 0.000000265. The first-order valence-corrected chi connectivity index (χ1v) is 7.76. The highest BCUT2D eigenvalue weighted by molar-refractivity contribution is 5.76. The first kappa shape index (κ1) is 20.6. The molecule has 2 aromatic rings. The minimum Gasteiger partial charge on any atom is -0.466 e. The number of carbonyl (C=O) groups excluding carboxylic acids is 1. The Labute approximate surface area is 152 Å². The number of carbonyl (C=O) groups is 1. The second kappa shape index (κ2) is 12.0. The Morgan fingerprint density at radius 2 is 1.58 bits per heavy atom. The predicted molar refractivity (Wildman–Crippen MR) is 98.6 cm³/mol. The molecule has 0 aliphatic heterocycles. The van der Waals surface area contributed by atoms with Crippen LogP contribution in [0.3, 0.4) is 0 Å². The van der Waals surface area contributed by atoms with Gasteiger partial charge in [-0.05, 0) is 36.4 Å². The number of methoxy groups -OCH3 is 1. The molecule has 0 amide bonds. The van der Waals surface area contributed by atoms with Crippen molar-refractivity contribution in [2.45, 2.75) is 19.1 Å². The van der Waals surface area contributed by atoms with Crippen molar-refractivity contribution in [2.24, 2.45) is 5.22 Å². The Morgan fingerprint density at radius 1 is 1.12 bits per heavy atom. The van der Waals surface area contributed by atoms with Crippen molar-refractivity contribution >= 4 is 5.97 Å². The molecule has 7 nitrogen and oxygen atoms in total. The zero-order valence-corrected chi connectivity index (χ0v) is 14.5. The van der Waals surface area contributed by atoms with Gasteiger partial charge in [-0.15, -0.1) is 5.53 Å². The van der Waals surface area contributed by atoms with Crippen LogP contribution in [-0.2, 0) is 9.53 Å². The van der Waals surface area contributed by atoms with Gasteiger partial charge in [0, 0.05) is 11.1 Å². The molecule has 134 valence electrons. The summed E-state index contributed by atoms with van der Waals surface area (Å²) in [6.07, 6.45) is -0.983. The Kier molecular flexibility index (Phi) is 9.49. The summed E-state index contributed by atoms with van der Waals surface area (Å²) in [5.74, 6) is 5.54. The molecule has 2 N–H and O–H groups in total. The first-order chi connectivity index (χ1) is 12.6. The van der Waals surface area contributed by atoms with E-state index in [1.54, 1.807) is 0 Å². The number of esters is 1. The average molecular weight is 352 g/mol. The standard InChI is InChI=1S/C14H10.C5H10N4O3/c1-3-7-13(8-4-1)11-12-14-9-5-2-6-10-14;1-3(10)4(5(11)12-2)7-9-8-6/h1-10H;3-4,7,10H,1-2H3. The lowest BCUT2D eigenvalue weighted by Crippen LogP contribution is -2.42. The summed E-state index contributed by atoms with van der Waals surface area (Å²) in [6, 6.07) is 19.0. The molecule has 0 radical (unpaired) electrons. The predicted octanol–water partition coefficient (Wildman–Crippen LogP) is 2.81. The van der Waals surface area contributed by atoms with Crippen molar-refractivity contribution < 1.29 is 14.6 Å². The molecule has 2 rings (SSSR count). The fraction of sp³-hybridized carbons (Fsp3) is 0.211. The van der Waals surface area contributed by atoms with Gasteiger partial charge in [0.25, 0.3) is 0 Å². The van der Waals surface area contributed by atoms with Crippen LogP contribution in [0.25, 0.3) is 10.4 Å². The molecule has 26 heavy (non-hydrogen) atoms. The molecule has 0 aromatic heterocycles. The van der Waals surface area contributed by atoms with E-state index in [2.05, 4.69) is 32.1 Å². The van der Waals surface area contributed by atoms with Gasteiger partial charge in [-0.25, -0.2) is 10.2 Å².